The Bertz CT molecular complexity index is 670. The Kier molecular flexibility index (Phi) is 4.60. The molecule has 0 aliphatic carbocycles. The molecule has 0 aliphatic heterocycles. The van der Waals surface area contributed by atoms with Crippen LogP contribution in [-0.4, -0.2) is 17.1 Å². The van der Waals surface area contributed by atoms with Gasteiger partial charge in [0.05, 0.1) is 22.2 Å². The van der Waals surface area contributed by atoms with Crippen LogP contribution < -0.4 is 0 Å². The molecule has 2 aromatic rings. The van der Waals surface area contributed by atoms with Crippen molar-refractivity contribution in [1.82, 2.24) is 4.57 Å². The van der Waals surface area contributed by atoms with Crippen LogP contribution in [0.4, 0.5) is 0 Å². The third-order valence-electron chi connectivity index (χ3n) is 3.56. The van der Waals surface area contributed by atoms with E-state index in [9.17, 15) is 4.79 Å². The Morgan fingerprint density at radius 3 is 2.80 bits per heavy atom. The van der Waals surface area contributed by atoms with Crippen molar-refractivity contribution in [3.8, 4) is 0 Å². The van der Waals surface area contributed by atoms with E-state index in [1.54, 1.807) is 11.3 Å². The fourth-order valence-corrected chi connectivity index (χ4v) is 3.17. The zero-order chi connectivity index (χ0) is 14.8. The molecule has 0 bridgehead atoms. The zero-order valence-corrected chi connectivity index (χ0v) is 13.6. The summed E-state index contributed by atoms with van der Waals surface area (Å²) in [7, 11) is 0. The van der Waals surface area contributed by atoms with Gasteiger partial charge in [-0.1, -0.05) is 19.1 Å². The van der Waals surface area contributed by atoms with Gasteiger partial charge in [0.2, 0.25) is 0 Å². The second-order valence-electron chi connectivity index (χ2n) is 5.36. The molecule has 0 amide bonds. The van der Waals surface area contributed by atoms with Gasteiger partial charge in [-0.25, -0.2) is 0 Å². The van der Waals surface area contributed by atoms with Crippen LogP contribution in [0.5, 0.6) is 0 Å². The number of rotatable bonds is 5. The largest absolute Gasteiger partial charge is 0.463 e. The molecule has 0 unspecified atom stereocenters. The molecular formula is C15H19NO2S2. The molecule has 20 heavy (non-hydrogen) atoms. The van der Waals surface area contributed by atoms with E-state index in [4.69, 9.17) is 17.0 Å². The lowest BCUT2D eigenvalue weighted by atomic mass is 9.91. The van der Waals surface area contributed by atoms with Crippen molar-refractivity contribution in [3.05, 3.63) is 28.2 Å². The standard InChI is InChI=1S/C15H19NO2S2/c1-4-15(2,3)13(17)18-10-9-16-11-7-5-6-8-12(11)20-14(16)19/h5-8H,4,9-10H2,1-3H3. The Morgan fingerprint density at radius 1 is 1.40 bits per heavy atom. The third kappa shape index (κ3) is 3.10. The second-order valence-corrected chi connectivity index (χ2v) is 7.04. The lowest BCUT2D eigenvalue weighted by Gasteiger charge is -2.20. The lowest BCUT2D eigenvalue weighted by Crippen LogP contribution is -2.27. The van der Waals surface area contributed by atoms with Gasteiger partial charge in [0.1, 0.15) is 6.61 Å². The van der Waals surface area contributed by atoms with Crippen LogP contribution in [0.1, 0.15) is 27.2 Å². The Labute approximate surface area is 128 Å². The first-order valence-electron chi connectivity index (χ1n) is 6.71. The summed E-state index contributed by atoms with van der Waals surface area (Å²) in [5.41, 5.74) is 0.686. The molecule has 108 valence electrons. The number of hydrogen-bond acceptors (Lipinski definition) is 4. The zero-order valence-electron chi connectivity index (χ0n) is 12.0. The van der Waals surface area contributed by atoms with Crippen molar-refractivity contribution in [2.75, 3.05) is 6.61 Å². The highest BCUT2D eigenvalue weighted by atomic mass is 32.1. The minimum absolute atomic E-state index is 0.147. The molecule has 0 spiro atoms. The molecule has 5 heteroatoms. The number of nitrogens with zero attached hydrogens (tertiary/aromatic N) is 1. The molecule has 2 rings (SSSR count). The van der Waals surface area contributed by atoms with Gasteiger partial charge in [-0.05, 0) is 44.6 Å². The highest BCUT2D eigenvalue weighted by molar-refractivity contribution is 7.73. The number of benzene rings is 1. The molecule has 0 N–H and O–H groups in total. The highest BCUT2D eigenvalue weighted by Crippen LogP contribution is 2.23. The molecule has 0 aliphatic rings. The van der Waals surface area contributed by atoms with Crippen LogP contribution in [0.15, 0.2) is 24.3 Å². The van der Waals surface area contributed by atoms with E-state index in [1.165, 1.54) is 0 Å². The van der Waals surface area contributed by atoms with Gasteiger partial charge in [-0.15, -0.1) is 11.3 Å². The van der Waals surface area contributed by atoms with Crippen LogP contribution in [0.2, 0.25) is 0 Å². The number of para-hydroxylation sites is 1. The minimum atomic E-state index is -0.418. The summed E-state index contributed by atoms with van der Waals surface area (Å²) in [4.78, 5) is 11.9. The Hall–Kier alpha value is -1.20. The van der Waals surface area contributed by atoms with E-state index in [0.717, 1.165) is 20.6 Å². The minimum Gasteiger partial charge on any atom is -0.463 e. The molecule has 1 aromatic carbocycles. The maximum atomic E-state index is 11.9. The highest BCUT2D eigenvalue weighted by Gasteiger charge is 2.26. The molecule has 1 heterocycles. The van der Waals surface area contributed by atoms with Crippen LogP contribution in [0, 0.1) is 9.37 Å². The van der Waals surface area contributed by atoms with Gasteiger partial charge in [0.25, 0.3) is 0 Å². The summed E-state index contributed by atoms with van der Waals surface area (Å²) in [6.45, 7) is 6.76. The average molecular weight is 309 g/mol. The van der Waals surface area contributed by atoms with Crippen molar-refractivity contribution in [3.63, 3.8) is 0 Å². The van der Waals surface area contributed by atoms with Crippen molar-refractivity contribution in [2.45, 2.75) is 33.7 Å². The van der Waals surface area contributed by atoms with Crippen molar-refractivity contribution in [1.29, 1.82) is 0 Å². The third-order valence-corrected chi connectivity index (χ3v) is 4.99. The topological polar surface area (TPSA) is 31.2 Å². The molecular weight excluding hydrogens is 290 g/mol. The Balaban J connectivity index is 2.06. The van der Waals surface area contributed by atoms with Crippen LogP contribution >= 0.6 is 23.6 Å². The van der Waals surface area contributed by atoms with E-state index in [2.05, 4.69) is 6.07 Å². The smallest absolute Gasteiger partial charge is 0.311 e. The number of carbonyl (C=O) groups is 1. The SMILES string of the molecule is CCC(C)(C)C(=O)OCCn1c(=S)sc2ccccc21. The van der Waals surface area contributed by atoms with Crippen LogP contribution in [0.3, 0.4) is 0 Å². The molecule has 0 saturated carbocycles. The second kappa shape index (κ2) is 6.06. The summed E-state index contributed by atoms with van der Waals surface area (Å²) >= 11 is 6.95. The van der Waals surface area contributed by atoms with E-state index in [0.29, 0.717) is 13.2 Å². The first-order chi connectivity index (χ1) is 9.45. The molecule has 3 nitrogen and oxygen atoms in total. The molecule has 0 saturated heterocycles. The van der Waals surface area contributed by atoms with Crippen molar-refractivity contribution in [2.24, 2.45) is 5.41 Å². The summed E-state index contributed by atoms with van der Waals surface area (Å²) in [5.74, 6) is -0.147. The summed E-state index contributed by atoms with van der Waals surface area (Å²) in [5, 5.41) is 0. The first-order valence-corrected chi connectivity index (χ1v) is 7.94. The van der Waals surface area contributed by atoms with Crippen LogP contribution in [-0.2, 0) is 16.1 Å². The molecule has 0 radical (unpaired) electrons. The van der Waals surface area contributed by atoms with Gasteiger partial charge in [0.15, 0.2) is 3.95 Å². The Morgan fingerprint density at radius 2 is 2.10 bits per heavy atom. The number of thiazole rings is 1. The number of aromatic nitrogens is 1. The number of ether oxygens (including phenoxy) is 1. The summed E-state index contributed by atoms with van der Waals surface area (Å²) in [6.07, 6.45) is 0.770. The normalized spacial score (nSPS) is 11.8. The summed E-state index contributed by atoms with van der Waals surface area (Å²) in [6, 6.07) is 8.09. The fourth-order valence-electron chi connectivity index (χ4n) is 1.80. The van der Waals surface area contributed by atoms with Gasteiger partial charge in [-0.3, -0.25) is 4.79 Å². The van der Waals surface area contributed by atoms with Gasteiger partial charge < -0.3 is 9.30 Å². The maximum absolute atomic E-state index is 11.9. The van der Waals surface area contributed by atoms with Gasteiger partial charge in [0, 0.05) is 0 Å². The number of fused-ring (bicyclic) bond motifs is 1. The van der Waals surface area contributed by atoms with E-state index < -0.39 is 5.41 Å². The van der Waals surface area contributed by atoms with Crippen LogP contribution in [0.25, 0.3) is 10.2 Å². The van der Waals surface area contributed by atoms with Gasteiger partial charge >= 0.3 is 5.97 Å². The summed E-state index contributed by atoms with van der Waals surface area (Å²) < 4.78 is 9.38. The molecule has 0 atom stereocenters. The predicted octanol–water partition coefficient (Wildman–Crippen LogP) is 4.41. The monoisotopic (exact) mass is 309 g/mol. The van der Waals surface area contributed by atoms with E-state index >= 15 is 0 Å². The van der Waals surface area contributed by atoms with Crippen molar-refractivity contribution >= 4 is 39.7 Å². The maximum Gasteiger partial charge on any atom is 0.311 e. The number of hydrogen-bond donors (Lipinski definition) is 0. The lowest BCUT2D eigenvalue weighted by molar-refractivity contribution is -0.154. The van der Waals surface area contributed by atoms with E-state index in [1.807, 2.05) is 43.5 Å². The number of carbonyl (C=O) groups excluding carboxylic acids is 1. The first kappa shape index (κ1) is 15.2. The van der Waals surface area contributed by atoms with Gasteiger partial charge in [-0.2, -0.15) is 0 Å². The molecule has 0 fully saturated rings. The van der Waals surface area contributed by atoms with E-state index in [-0.39, 0.29) is 5.97 Å². The predicted molar refractivity (Wildman–Crippen MR) is 85.7 cm³/mol. The molecule has 1 aromatic heterocycles. The van der Waals surface area contributed by atoms with Crippen molar-refractivity contribution < 1.29 is 9.53 Å². The fraction of sp³-hybridized carbons (Fsp3) is 0.467. The quantitative estimate of drug-likeness (QED) is 0.605. The average Bonchev–Trinajstić information content (AvgIpc) is 2.75. The number of esters is 1.